The number of rotatable bonds is 10. The van der Waals surface area contributed by atoms with Gasteiger partial charge in [-0.25, -0.2) is 9.37 Å². The molecule has 0 amide bonds. The quantitative estimate of drug-likeness (QED) is 0.280. The first-order valence-electron chi connectivity index (χ1n) is 12.5. The maximum Gasteiger partial charge on any atom is 0.207 e. The van der Waals surface area contributed by atoms with E-state index in [0.29, 0.717) is 53.7 Å². The third kappa shape index (κ3) is 6.37. The highest BCUT2D eigenvalue weighted by molar-refractivity contribution is 6.05. The molecule has 4 rings (SSSR count). The van der Waals surface area contributed by atoms with E-state index in [9.17, 15) is 9.18 Å². The summed E-state index contributed by atoms with van der Waals surface area (Å²) in [6.45, 7) is 11.1. The molecule has 196 valence electrons. The highest BCUT2D eigenvalue weighted by atomic mass is 35.5. The Balaban J connectivity index is 0.00000361. The van der Waals surface area contributed by atoms with Crippen molar-refractivity contribution in [3.63, 3.8) is 0 Å². The summed E-state index contributed by atoms with van der Waals surface area (Å²) in [5.74, 6) is 1.20. The Hall–Kier alpha value is -2.64. The lowest BCUT2D eigenvalue weighted by Crippen LogP contribution is -2.33. The van der Waals surface area contributed by atoms with Crippen molar-refractivity contribution in [2.45, 2.75) is 59.3 Å². The predicted octanol–water partition coefficient (Wildman–Crippen LogP) is 6.65. The van der Waals surface area contributed by atoms with E-state index in [0.717, 1.165) is 30.8 Å². The summed E-state index contributed by atoms with van der Waals surface area (Å²) >= 11 is 0. The fourth-order valence-corrected chi connectivity index (χ4v) is 4.79. The number of benzene rings is 2. The second-order valence-electron chi connectivity index (χ2n) is 9.47. The number of piperidine rings is 1. The Morgan fingerprint density at radius 3 is 2.42 bits per heavy atom. The van der Waals surface area contributed by atoms with E-state index in [1.807, 2.05) is 6.92 Å². The third-order valence-corrected chi connectivity index (χ3v) is 6.79. The molecule has 2 heterocycles. The van der Waals surface area contributed by atoms with E-state index in [1.54, 1.807) is 26.0 Å². The summed E-state index contributed by atoms with van der Waals surface area (Å²) in [4.78, 5) is 19.6. The largest absolute Gasteiger partial charge is 0.487 e. The minimum Gasteiger partial charge on any atom is -0.487 e. The van der Waals surface area contributed by atoms with E-state index in [4.69, 9.17) is 13.9 Å². The molecule has 0 radical (unpaired) electrons. The van der Waals surface area contributed by atoms with Crippen LogP contribution in [-0.4, -0.2) is 48.5 Å². The Labute approximate surface area is 218 Å². The zero-order valence-corrected chi connectivity index (χ0v) is 22.4. The zero-order chi connectivity index (χ0) is 24.9. The minimum absolute atomic E-state index is 0. The lowest BCUT2D eigenvalue weighted by atomic mass is 9.98. The maximum atomic E-state index is 13.3. The van der Waals surface area contributed by atoms with Gasteiger partial charge in [0.15, 0.2) is 17.4 Å². The number of fused-ring (bicyclic) bond motifs is 1. The smallest absolute Gasteiger partial charge is 0.207 e. The van der Waals surface area contributed by atoms with Crippen LogP contribution >= 0.6 is 12.4 Å². The number of hydrogen-bond acceptors (Lipinski definition) is 6. The molecule has 0 N–H and O–H groups in total. The predicted molar refractivity (Wildman–Crippen MR) is 141 cm³/mol. The van der Waals surface area contributed by atoms with Gasteiger partial charge in [-0.3, -0.25) is 9.69 Å². The lowest BCUT2D eigenvalue weighted by molar-refractivity contribution is 0.101. The van der Waals surface area contributed by atoms with Crippen LogP contribution in [0.4, 0.5) is 4.39 Å². The van der Waals surface area contributed by atoms with Gasteiger partial charge >= 0.3 is 0 Å². The molecule has 3 aromatic rings. The Morgan fingerprint density at radius 2 is 1.75 bits per heavy atom. The van der Waals surface area contributed by atoms with E-state index in [1.165, 1.54) is 31.4 Å². The van der Waals surface area contributed by atoms with Crippen LogP contribution in [0.1, 0.15) is 72.8 Å². The van der Waals surface area contributed by atoms with Gasteiger partial charge in [-0.05, 0) is 75.4 Å². The van der Waals surface area contributed by atoms with Gasteiger partial charge in [0.05, 0.1) is 12.2 Å². The average Bonchev–Trinajstić information content (AvgIpc) is 3.23. The molecule has 0 aliphatic carbocycles. The zero-order valence-electron chi connectivity index (χ0n) is 21.6. The Kier molecular flexibility index (Phi) is 9.74. The van der Waals surface area contributed by atoms with Crippen molar-refractivity contribution in [3.8, 4) is 11.5 Å². The minimum atomic E-state index is -0.247. The molecule has 1 aliphatic rings. The van der Waals surface area contributed by atoms with Crippen molar-refractivity contribution in [2.75, 3.05) is 32.8 Å². The number of halogens is 2. The summed E-state index contributed by atoms with van der Waals surface area (Å²) in [5, 5.41) is 0. The number of ketones is 1. The number of Topliss-reactive ketones (excluding diaryl/α,β-unsaturated/α-hetero) is 1. The van der Waals surface area contributed by atoms with Gasteiger partial charge in [-0.1, -0.05) is 25.5 Å². The van der Waals surface area contributed by atoms with Crippen LogP contribution in [0.15, 0.2) is 28.7 Å². The molecular weight excluding hydrogens is 483 g/mol. The van der Waals surface area contributed by atoms with Gasteiger partial charge < -0.3 is 13.9 Å². The van der Waals surface area contributed by atoms with Crippen molar-refractivity contribution < 1.29 is 23.1 Å². The number of hydrogen-bond donors (Lipinski definition) is 0. The molecule has 1 saturated heterocycles. The molecule has 6 nitrogen and oxygen atoms in total. The number of aryl methyl sites for hydroxylation is 2. The van der Waals surface area contributed by atoms with Gasteiger partial charge in [-0.15, -0.1) is 12.4 Å². The van der Waals surface area contributed by atoms with Gasteiger partial charge in [0.2, 0.25) is 11.3 Å². The maximum absolute atomic E-state index is 13.3. The van der Waals surface area contributed by atoms with E-state index < -0.39 is 0 Å². The number of likely N-dealkylation sites (tertiary alicyclic amines) is 1. The first kappa shape index (κ1) is 27.9. The Morgan fingerprint density at radius 1 is 1.08 bits per heavy atom. The molecule has 1 fully saturated rings. The van der Waals surface area contributed by atoms with Gasteiger partial charge in [0.25, 0.3) is 0 Å². The molecule has 0 saturated carbocycles. The molecule has 1 unspecified atom stereocenters. The number of aromatic nitrogens is 1. The molecule has 2 aromatic carbocycles. The fraction of sp³-hybridized carbons (Fsp3) is 0.500. The monoisotopic (exact) mass is 518 g/mol. The summed E-state index contributed by atoms with van der Waals surface area (Å²) in [6, 6.07) is 6.54. The molecule has 0 spiro atoms. The highest BCUT2D eigenvalue weighted by Crippen LogP contribution is 2.43. The van der Waals surface area contributed by atoms with Crippen LogP contribution in [-0.2, 0) is 0 Å². The molecule has 36 heavy (non-hydrogen) atoms. The summed E-state index contributed by atoms with van der Waals surface area (Å²) < 4.78 is 31.8. The number of ether oxygens (including phenoxy) is 2. The SMILES string of the molecule is CC(=O)c1c(OCCN2CCCCC2)c(OCCC(C)c2ccc(F)cc2)c2oc(C)nc2c1C.Cl. The fourth-order valence-electron chi connectivity index (χ4n) is 4.79. The van der Waals surface area contributed by atoms with Crippen molar-refractivity contribution in [1.29, 1.82) is 0 Å². The van der Waals surface area contributed by atoms with Crippen molar-refractivity contribution >= 4 is 29.3 Å². The van der Waals surface area contributed by atoms with Crippen molar-refractivity contribution in [1.82, 2.24) is 9.88 Å². The summed E-state index contributed by atoms with van der Waals surface area (Å²) in [5.41, 5.74) is 3.41. The second kappa shape index (κ2) is 12.5. The van der Waals surface area contributed by atoms with Crippen molar-refractivity contribution in [2.24, 2.45) is 0 Å². The van der Waals surface area contributed by atoms with E-state index in [2.05, 4.69) is 16.8 Å². The summed E-state index contributed by atoms with van der Waals surface area (Å²) in [7, 11) is 0. The average molecular weight is 519 g/mol. The molecule has 1 aliphatic heterocycles. The van der Waals surface area contributed by atoms with Crippen LogP contribution in [0.25, 0.3) is 11.1 Å². The van der Waals surface area contributed by atoms with Crippen LogP contribution in [0.3, 0.4) is 0 Å². The number of nitrogens with zero attached hydrogens (tertiary/aromatic N) is 2. The van der Waals surface area contributed by atoms with E-state index in [-0.39, 0.29) is 29.9 Å². The van der Waals surface area contributed by atoms with Crippen LogP contribution in [0.5, 0.6) is 11.5 Å². The highest BCUT2D eigenvalue weighted by Gasteiger charge is 2.27. The number of carbonyl (C=O) groups is 1. The van der Waals surface area contributed by atoms with Crippen molar-refractivity contribution in [3.05, 3.63) is 52.7 Å². The van der Waals surface area contributed by atoms with Gasteiger partial charge in [-0.2, -0.15) is 0 Å². The van der Waals surface area contributed by atoms with Crippen LogP contribution < -0.4 is 9.47 Å². The van der Waals surface area contributed by atoms with E-state index >= 15 is 0 Å². The lowest BCUT2D eigenvalue weighted by Gasteiger charge is -2.26. The molecule has 0 bridgehead atoms. The van der Waals surface area contributed by atoms with Gasteiger partial charge in [0.1, 0.15) is 17.9 Å². The third-order valence-electron chi connectivity index (χ3n) is 6.79. The normalized spacial score (nSPS) is 14.9. The first-order valence-corrected chi connectivity index (χ1v) is 12.5. The van der Waals surface area contributed by atoms with Gasteiger partial charge in [0, 0.05) is 13.5 Å². The molecule has 1 aromatic heterocycles. The summed E-state index contributed by atoms with van der Waals surface area (Å²) in [6.07, 6.45) is 4.40. The molecule has 8 heteroatoms. The second-order valence-corrected chi connectivity index (χ2v) is 9.47. The first-order chi connectivity index (χ1) is 16.8. The van der Waals surface area contributed by atoms with Crippen LogP contribution in [0, 0.1) is 19.7 Å². The molecule has 1 atom stereocenters. The number of oxazole rings is 1. The topological polar surface area (TPSA) is 64.8 Å². The Bertz CT molecular complexity index is 1170. The number of carbonyl (C=O) groups excluding carboxylic acids is 1. The standard InChI is InChI=1S/C28H35FN2O4.ClH/c1-18(22-8-10-23(29)11-9-22)12-16-33-28-26(34-17-15-31-13-6-5-7-14-31)24(20(3)32)19(2)25-27(28)35-21(4)30-25;/h8-11,18H,5-7,12-17H2,1-4H3;1H. The van der Waals surface area contributed by atoms with Crippen LogP contribution in [0.2, 0.25) is 0 Å². The molecular formula is C28H36ClFN2O4.